The van der Waals surface area contributed by atoms with E-state index in [1.54, 1.807) is 0 Å². The minimum absolute atomic E-state index is 0.427. The van der Waals surface area contributed by atoms with Crippen LogP contribution in [0.5, 0.6) is 0 Å². The van der Waals surface area contributed by atoms with E-state index >= 15 is 0 Å². The number of hydrogen-bond donors (Lipinski definition) is 1. The molecule has 5 nitrogen and oxygen atoms in total. The fraction of sp³-hybridized carbons (Fsp3) is 0.857. The van der Waals surface area contributed by atoms with Crippen molar-refractivity contribution in [3.05, 3.63) is 5.82 Å². The van der Waals surface area contributed by atoms with Crippen LogP contribution in [0, 0.1) is 0 Å². The van der Waals surface area contributed by atoms with Crippen molar-refractivity contribution in [2.75, 3.05) is 11.5 Å². The lowest BCUT2D eigenvalue weighted by Crippen LogP contribution is -2.20. The monoisotopic (exact) mass is 199 g/mol. The van der Waals surface area contributed by atoms with Crippen molar-refractivity contribution in [2.45, 2.75) is 25.4 Å². The van der Waals surface area contributed by atoms with E-state index < -0.39 is 0 Å². The summed E-state index contributed by atoms with van der Waals surface area (Å²) in [6, 6.07) is 0.467. The first-order chi connectivity index (χ1) is 6.42. The van der Waals surface area contributed by atoms with Crippen LogP contribution in [0.25, 0.3) is 0 Å². The van der Waals surface area contributed by atoms with E-state index in [1.807, 2.05) is 16.4 Å². The Labute approximate surface area is 81.1 Å². The minimum Gasteiger partial charge on any atom is -0.324 e. The molecule has 1 aliphatic rings. The van der Waals surface area contributed by atoms with E-state index in [-0.39, 0.29) is 0 Å². The van der Waals surface area contributed by atoms with E-state index in [0.717, 1.165) is 18.7 Å². The molecule has 0 radical (unpaired) electrons. The summed E-state index contributed by atoms with van der Waals surface area (Å²) in [7, 11) is 0. The van der Waals surface area contributed by atoms with Crippen molar-refractivity contribution in [2.24, 2.45) is 5.73 Å². The Morgan fingerprint density at radius 1 is 1.46 bits per heavy atom. The van der Waals surface area contributed by atoms with Gasteiger partial charge in [-0.3, -0.25) is 0 Å². The summed E-state index contributed by atoms with van der Waals surface area (Å²) < 4.78 is 1.89. The van der Waals surface area contributed by atoms with Gasteiger partial charge < -0.3 is 5.73 Å². The summed E-state index contributed by atoms with van der Waals surface area (Å²) in [6.45, 7) is 0.427. The molecular weight excluding hydrogens is 186 g/mol. The highest BCUT2D eigenvalue weighted by atomic mass is 32.2. The molecule has 2 heterocycles. The summed E-state index contributed by atoms with van der Waals surface area (Å²) in [5.41, 5.74) is 5.53. The van der Waals surface area contributed by atoms with Gasteiger partial charge in [0.25, 0.3) is 0 Å². The Hall–Kier alpha value is -0.620. The van der Waals surface area contributed by atoms with E-state index in [4.69, 9.17) is 5.73 Å². The number of thioether (sulfide) groups is 1. The van der Waals surface area contributed by atoms with Crippen molar-refractivity contribution in [1.82, 2.24) is 20.2 Å². The number of nitrogens with zero attached hydrogens (tertiary/aromatic N) is 4. The average molecular weight is 199 g/mol. The molecule has 2 rings (SSSR count). The Kier molecular flexibility index (Phi) is 2.80. The number of hydrogen-bond acceptors (Lipinski definition) is 5. The van der Waals surface area contributed by atoms with Crippen LogP contribution in [0.4, 0.5) is 0 Å². The van der Waals surface area contributed by atoms with Gasteiger partial charge in [-0.1, -0.05) is 0 Å². The largest absolute Gasteiger partial charge is 0.324 e. The van der Waals surface area contributed by atoms with Gasteiger partial charge in [-0.15, -0.1) is 5.10 Å². The van der Waals surface area contributed by atoms with Gasteiger partial charge >= 0.3 is 0 Å². The Morgan fingerprint density at radius 3 is 2.92 bits per heavy atom. The molecule has 0 unspecified atom stereocenters. The number of rotatable bonds is 2. The topological polar surface area (TPSA) is 69.6 Å². The van der Waals surface area contributed by atoms with Crippen LogP contribution in [0.2, 0.25) is 0 Å². The first-order valence-corrected chi connectivity index (χ1v) is 5.62. The number of aromatic nitrogens is 4. The van der Waals surface area contributed by atoms with Crippen molar-refractivity contribution in [3.63, 3.8) is 0 Å². The molecule has 0 spiro atoms. The zero-order valence-corrected chi connectivity index (χ0v) is 8.20. The molecule has 0 bridgehead atoms. The zero-order chi connectivity index (χ0) is 9.10. The summed E-state index contributed by atoms with van der Waals surface area (Å²) in [5.74, 6) is 3.21. The van der Waals surface area contributed by atoms with Crippen molar-refractivity contribution < 1.29 is 0 Å². The normalized spacial score (nSPS) is 19.2. The predicted octanol–water partition coefficient (Wildman–Crippen LogP) is 0.200. The SMILES string of the molecule is NCc1nnnn1C1CCSCC1. The molecule has 1 saturated heterocycles. The average Bonchev–Trinajstić information content (AvgIpc) is 2.67. The van der Waals surface area contributed by atoms with Crippen LogP contribution in [0.3, 0.4) is 0 Å². The summed E-state index contributed by atoms with van der Waals surface area (Å²) >= 11 is 2.00. The van der Waals surface area contributed by atoms with Gasteiger partial charge in [0.1, 0.15) is 0 Å². The molecule has 0 atom stereocenters. The minimum atomic E-state index is 0.427. The Bertz CT molecular complexity index is 268. The zero-order valence-electron chi connectivity index (χ0n) is 7.39. The molecule has 13 heavy (non-hydrogen) atoms. The lowest BCUT2D eigenvalue weighted by atomic mass is 10.1. The smallest absolute Gasteiger partial charge is 0.165 e. The molecule has 0 aliphatic carbocycles. The van der Waals surface area contributed by atoms with E-state index in [2.05, 4.69) is 15.5 Å². The fourth-order valence-corrected chi connectivity index (χ4v) is 2.64. The van der Waals surface area contributed by atoms with E-state index in [0.29, 0.717) is 12.6 Å². The second kappa shape index (κ2) is 4.06. The molecule has 0 aromatic carbocycles. The maximum absolute atomic E-state index is 5.53. The summed E-state index contributed by atoms with van der Waals surface area (Å²) in [6.07, 6.45) is 2.31. The quantitative estimate of drug-likeness (QED) is 0.737. The Morgan fingerprint density at radius 2 is 2.23 bits per heavy atom. The Balaban J connectivity index is 2.13. The lowest BCUT2D eigenvalue weighted by Gasteiger charge is -2.21. The van der Waals surface area contributed by atoms with Gasteiger partial charge in [-0.05, 0) is 34.8 Å². The van der Waals surface area contributed by atoms with Crippen LogP contribution in [0.1, 0.15) is 24.7 Å². The fourth-order valence-electron chi connectivity index (χ4n) is 1.56. The predicted molar refractivity (Wildman–Crippen MR) is 51.3 cm³/mol. The third kappa shape index (κ3) is 1.83. The molecular formula is C7H13N5S. The third-order valence-corrected chi connectivity index (χ3v) is 3.33. The second-order valence-electron chi connectivity index (χ2n) is 3.09. The molecule has 0 amide bonds. The van der Waals surface area contributed by atoms with Crippen LogP contribution >= 0.6 is 11.8 Å². The van der Waals surface area contributed by atoms with Gasteiger partial charge in [-0.25, -0.2) is 4.68 Å². The highest BCUT2D eigenvalue weighted by Gasteiger charge is 2.19. The van der Waals surface area contributed by atoms with Crippen molar-refractivity contribution in [3.8, 4) is 0 Å². The first-order valence-electron chi connectivity index (χ1n) is 4.46. The maximum Gasteiger partial charge on any atom is 0.165 e. The van der Waals surface area contributed by atoms with Crippen molar-refractivity contribution in [1.29, 1.82) is 0 Å². The molecule has 1 aromatic heterocycles. The van der Waals surface area contributed by atoms with Gasteiger partial charge in [0, 0.05) is 0 Å². The standard InChI is InChI=1S/C7H13N5S/c8-5-7-9-10-11-12(7)6-1-3-13-4-2-6/h6H,1-5,8H2. The molecule has 2 N–H and O–H groups in total. The van der Waals surface area contributed by atoms with Crippen LogP contribution in [-0.2, 0) is 6.54 Å². The molecule has 1 fully saturated rings. The van der Waals surface area contributed by atoms with E-state index in [9.17, 15) is 0 Å². The lowest BCUT2D eigenvalue weighted by molar-refractivity contribution is 0.403. The molecule has 1 aliphatic heterocycles. The summed E-state index contributed by atoms with van der Waals surface area (Å²) in [5, 5.41) is 11.5. The number of nitrogens with two attached hydrogens (primary N) is 1. The number of tetrazole rings is 1. The van der Waals surface area contributed by atoms with Crippen LogP contribution in [0.15, 0.2) is 0 Å². The highest BCUT2D eigenvalue weighted by molar-refractivity contribution is 7.99. The maximum atomic E-state index is 5.53. The molecule has 0 saturated carbocycles. The third-order valence-electron chi connectivity index (χ3n) is 2.28. The molecule has 72 valence electrons. The molecule has 6 heteroatoms. The summed E-state index contributed by atoms with van der Waals surface area (Å²) in [4.78, 5) is 0. The van der Waals surface area contributed by atoms with Crippen LogP contribution in [-0.4, -0.2) is 31.7 Å². The van der Waals surface area contributed by atoms with E-state index in [1.165, 1.54) is 11.5 Å². The molecule has 1 aromatic rings. The van der Waals surface area contributed by atoms with Gasteiger partial charge in [0.15, 0.2) is 5.82 Å². The van der Waals surface area contributed by atoms with Gasteiger partial charge in [0.2, 0.25) is 0 Å². The van der Waals surface area contributed by atoms with Crippen molar-refractivity contribution >= 4 is 11.8 Å². The van der Waals surface area contributed by atoms with Gasteiger partial charge in [-0.2, -0.15) is 11.8 Å². The van der Waals surface area contributed by atoms with Crippen LogP contribution < -0.4 is 5.73 Å². The highest BCUT2D eigenvalue weighted by Crippen LogP contribution is 2.26. The van der Waals surface area contributed by atoms with Gasteiger partial charge in [0.05, 0.1) is 12.6 Å². The first kappa shape index (κ1) is 8.96. The second-order valence-corrected chi connectivity index (χ2v) is 4.31.